The molecule has 0 aliphatic carbocycles. The van der Waals surface area contributed by atoms with Crippen LogP contribution in [0.4, 0.5) is 0 Å². The fourth-order valence-electron chi connectivity index (χ4n) is 2.73. The van der Waals surface area contributed by atoms with Crippen molar-refractivity contribution in [2.45, 2.75) is 19.6 Å². The molecule has 0 spiro atoms. The summed E-state index contributed by atoms with van der Waals surface area (Å²) in [6, 6.07) is 21.8. The molecule has 0 atom stereocenters. The second-order valence-electron chi connectivity index (χ2n) is 6.93. The van der Waals surface area contributed by atoms with Crippen LogP contribution in [0.15, 0.2) is 65.1 Å². The molecule has 118 valence electrons. The number of hydrogen-bond acceptors (Lipinski definition) is 2. The molecular formula is C18H27N2PSi. The Morgan fingerprint density at radius 3 is 1.55 bits per heavy atom. The Hall–Kier alpha value is -1.15. The van der Waals surface area contributed by atoms with Gasteiger partial charge in [-0.15, -0.1) is 0 Å². The smallest absolute Gasteiger partial charge is 0.171 e. The Morgan fingerprint density at radius 2 is 1.23 bits per heavy atom. The van der Waals surface area contributed by atoms with E-state index in [-0.39, 0.29) is 0 Å². The molecule has 2 aromatic rings. The van der Waals surface area contributed by atoms with Crippen molar-refractivity contribution in [3.63, 3.8) is 0 Å². The molecule has 0 saturated carbocycles. The maximum Gasteiger partial charge on any atom is 0.171 e. The zero-order valence-electron chi connectivity index (χ0n) is 14.3. The first-order chi connectivity index (χ1) is 10.3. The van der Waals surface area contributed by atoms with E-state index in [0.29, 0.717) is 0 Å². The molecular weight excluding hydrogens is 303 g/mol. The maximum absolute atomic E-state index is 5.53. The number of hydrogen-bond donors (Lipinski definition) is 0. The quantitative estimate of drug-likeness (QED) is 0.593. The van der Waals surface area contributed by atoms with E-state index in [4.69, 9.17) is 4.41 Å². The van der Waals surface area contributed by atoms with Crippen LogP contribution in [-0.2, 0) is 0 Å². The Labute approximate surface area is 136 Å². The summed E-state index contributed by atoms with van der Waals surface area (Å²) in [5.74, 6) is 0. The van der Waals surface area contributed by atoms with Crippen LogP contribution in [0.25, 0.3) is 0 Å². The molecule has 0 radical (unpaired) electrons. The van der Waals surface area contributed by atoms with Crippen LogP contribution in [-0.4, -0.2) is 33.5 Å². The van der Waals surface area contributed by atoms with Crippen molar-refractivity contribution in [1.82, 2.24) is 4.90 Å². The predicted molar refractivity (Wildman–Crippen MR) is 103 cm³/mol. The molecule has 0 aliphatic rings. The van der Waals surface area contributed by atoms with E-state index >= 15 is 0 Å². The van der Waals surface area contributed by atoms with E-state index in [1.807, 2.05) is 0 Å². The molecule has 0 heterocycles. The Bertz CT molecular complexity index is 602. The lowest BCUT2D eigenvalue weighted by atomic mass is 10.4. The Kier molecular flexibility index (Phi) is 5.44. The van der Waals surface area contributed by atoms with Crippen LogP contribution in [0.1, 0.15) is 0 Å². The monoisotopic (exact) mass is 330 g/mol. The summed E-state index contributed by atoms with van der Waals surface area (Å²) in [5.41, 5.74) is 0. The summed E-state index contributed by atoms with van der Waals surface area (Å²) in [4.78, 5) is 2.29. The predicted octanol–water partition coefficient (Wildman–Crippen LogP) is 4.19. The van der Waals surface area contributed by atoms with Gasteiger partial charge in [-0.25, -0.2) is 0 Å². The van der Waals surface area contributed by atoms with E-state index in [2.05, 4.69) is 99.3 Å². The zero-order chi connectivity index (χ0) is 16.2. The summed E-state index contributed by atoms with van der Waals surface area (Å²) in [6.07, 6.45) is 0.991. The average molecular weight is 330 g/mol. The molecule has 22 heavy (non-hydrogen) atoms. The summed E-state index contributed by atoms with van der Waals surface area (Å²) < 4.78 is 5.53. The lowest BCUT2D eigenvalue weighted by Crippen LogP contribution is -2.29. The molecule has 0 saturated heterocycles. The molecule has 0 aliphatic heterocycles. The minimum Gasteiger partial charge on any atom is -0.328 e. The molecule has 2 nitrogen and oxygen atoms in total. The molecule has 0 aromatic heterocycles. The van der Waals surface area contributed by atoms with E-state index in [1.54, 1.807) is 0 Å². The van der Waals surface area contributed by atoms with Gasteiger partial charge in [0, 0.05) is 13.3 Å². The van der Waals surface area contributed by atoms with Crippen molar-refractivity contribution >= 4 is 25.9 Å². The van der Waals surface area contributed by atoms with Gasteiger partial charge in [0.1, 0.15) is 0 Å². The normalized spacial score (nSPS) is 12.5. The van der Waals surface area contributed by atoms with Gasteiger partial charge in [-0.2, -0.15) is 0 Å². The number of rotatable bonds is 5. The lowest BCUT2D eigenvalue weighted by molar-refractivity contribution is 0.481. The Balaban J connectivity index is 2.79. The first-order valence-electron chi connectivity index (χ1n) is 7.72. The number of nitrogens with zero attached hydrogens (tertiary/aromatic N) is 2. The van der Waals surface area contributed by atoms with Crippen molar-refractivity contribution in [2.24, 2.45) is 4.41 Å². The highest BCUT2D eigenvalue weighted by Crippen LogP contribution is 2.49. The highest BCUT2D eigenvalue weighted by molar-refractivity contribution is 7.81. The van der Waals surface area contributed by atoms with E-state index < -0.39 is 15.3 Å². The van der Waals surface area contributed by atoms with Gasteiger partial charge in [0.15, 0.2) is 8.24 Å². The molecule has 0 amide bonds. The molecule has 0 N–H and O–H groups in total. The molecule has 0 unspecified atom stereocenters. The second-order valence-corrected chi connectivity index (χ2v) is 14.9. The minimum absolute atomic E-state index is 0.991. The molecule has 0 bridgehead atoms. The SMILES string of the molecule is CN(C)CP(=N[Si](C)(C)C)(c1ccccc1)c1ccccc1. The summed E-state index contributed by atoms with van der Waals surface area (Å²) in [7, 11) is 0.963. The first kappa shape index (κ1) is 17.2. The third-order valence-electron chi connectivity index (χ3n) is 3.32. The van der Waals surface area contributed by atoms with E-state index in [9.17, 15) is 0 Å². The largest absolute Gasteiger partial charge is 0.328 e. The molecule has 4 heteroatoms. The van der Waals surface area contributed by atoms with Crippen molar-refractivity contribution in [3.05, 3.63) is 60.7 Å². The van der Waals surface area contributed by atoms with Crippen molar-refractivity contribution in [2.75, 3.05) is 20.4 Å². The van der Waals surface area contributed by atoms with Crippen molar-refractivity contribution in [3.8, 4) is 0 Å². The van der Waals surface area contributed by atoms with Crippen LogP contribution in [0.3, 0.4) is 0 Å². The maximum atomic E-state index is 5.53. The number of benzene rings is 2. The third-order valence-corrected chi connectivity index (χ3v) is 10.4. The molecule has 2 rings (SSSR count). The van der Waals surface area contributed by atoms with Gasteiger partial charge in [0.2, 0.25) is 0 Å². The summed E-state index contributed by atoms with van der Waals surface area (Å²) >= 11 is 0. The fourth-order valence-corrected chi connectivity index (χ4v) is 10.8. The van der Waals surface area contributed by atoms with Gasteiger partial charge < -0.3 is 9.31 Å². The highest BCUT2D eigenvalue weighted by atomic mass is 31.2. The van der Waals surface area contributed by atoms with Gasteiger partial charge in [0.05, 0.1) is 0 Å². The van der Waals surface area contributed by atoms with Crippen LogP contribution in [0.2, 0.25) is 19.6 Å². The van der Waals surface area contributed by atoms with Gasteiger partial charge in [-0.05, 0) is 24.7 Å². The minimum atomic E-state index is -1.77. The standard InChI is InChI=1S/C18H27N2PSi/c1-20(2)16-21(19-22(3,4)5,17-12-8-6-9-13-17)18-14-10-7-11-15-18/h6-15H,16H2,1-5H3. The molecule has 0 fully saturated rings. The van der Waals surface area contributed by atoms with Crippen molar-refractivity contribution in [1.29, 1.82) is 0 Å². The molecule has 2 aromatic carbocycles. The third kappa shape index (κ3) is 4.19. The van der Waals surface area contributed by atoms with E-state index in [1.165, 1.54) is 10.6 Å². The van der Waals surface area contributed by atoms with Crippen LogP contribution in [0, 0.1) is 0 Å². The average Bonchev–Trinajstić information content (AvgIpc) is 2.46. The fraction of sp³-hybridized carbons (Fsp3) is 0.333. The second kappa shape index (κ2) is 6.95. The van der Waals surface area contributed by atoms with Gasteiger partial charge in [0.25, 0.3) is 0 Å². The highest BCUT2D eigenvalue weighted by Gasteiger charge is 2.28. The summed E-state index contributed by atoms with van der Waals surface area (Å²) in [6.45, 7) is 7.01. The van der Waals surface area contributed by atoms with E-state index in [0.717, 1.165) is 6.29 Å². The van der Waals surface area contributed by atoms with Crippen LogP contribution >= 0.6 is 7.05 Å². The first-order valence-corrected chi connectivity index (χ1v) is 13.1. The topological polar surface area (TPSA) is 15.6 Å². The Morgan fingerprint density at radius 1 is 0.818 bits per heavy atom. The van der Waals surface area contributed by atoms with Crippen LogP contribution < -0.4 is 10.6 Å². The summed E-state index contributed by atoms with van der Waals surface area (Å²) in [5, 5.41) is 2.77. The zero-order valence-corrected chi connectivity index (χ0v) is 16.2. The van der Waals surface area contributed by atoms with Gasteiger partial charge in [-0.1, -0.05) is 80.3 Å². The van der Waals surface area contributed by atoms with Crippen molar-refractivity contribution < 1.29 is 0 Å². The lowest BCUT2D eigenvalue weighted by Gasteiger charge is -2.32. The van der Waals surface area contributed by atoms with Gasteiger partial charge in [-0.3, -0.25) is 0 Å². The van der Waals surface area contributed by atoms with Gasteiger partial charge >= 0.3 is 0 Å². The van der Waals surface area contributed by atoms with Crippen LogP contribution in [0.5, 0.6) is 0 Å².